The Morgan fingerprint density at radius 1 is 1.20 bits per heavy atom. The summed E-state index contributed by atoms with van der Waals surface area (Å²) in [6.45, 7) is 0.843. The standard InChI is InChI=1S/C21H20F2N6O/c1-28(2)9-7-12-6-8-25-16(10-12)13-11-29(19-14(22)4-3-5-15(19)23)21(30)17-18(13)26-27-20(17)24/h3-6,8,10-11H,7,9H2,1-2H3,(H3,24,26,27). The molecule has 0 saturated carbocycles. The number of benzene rings is 1. The fraction of sp³-hybridized carbons (Fsp3) is 0.190. The molecule has 0 saturated heterocycles. The third kappa shape index (κ3) is 3.43. The van der Waals surface area contributed by atoms with Crippen LogP contribution in [0.25, 0.3) is 27.8 Å². The number of para-hydroxylation sites is 1. The summed E-state index contributed by atoms with van der Waals surface area (Å²) in [5, 5.41) is 6.72. The highest BCUT2D eigenvalue weighted by Gasteiger charge is 2.20. The molecule has 0 amide bonds. The Bertz CT molecular complexity index is 1270. The van der Waals surface area contributed by atoms with E-state index in [0.717, 1.165) is 35.2 Å². The van der Waals surface area contributed by atoms with Crippen LogP contribution in [0.15, 0.2) is 47.5 Å². The molecule has 0 aliphatic rings. The average molecular weight is 410 g/mol. The summed E-state index contributed by atoms with van der Waals surface area (Å²) in [4.78, 5) is 19.5. The van der Waals surface area contributed by atoms with Gasteiger partial charge >= 0.3 is 0 Å². The molecular weight excluding hydrogens is 390 g/mol. The second-order valence-electron chi connectivity index (χ2n) is 7.25. The number of aromatic nitrogens is 4. The molecular formula is C21H20F2N6O. The van der Waals surface area contributed by atoms with Crippen molar-refractivity contribution in [1.29, 1.82) is 0 Å². The first kappa shape index (κ1) is 19.7. The molecule has 0 fully saturated rings. The van der Waals surface area contributed by atoms with Crippen LogP contribution in [0.1, 0.15) is 5.56 Å². The maximum Gasteiger partial charge on any atom is 0.268 e. The van der Waals surface area contributed by atoms with Crippen molar-refractivity contribution < 1.29 is 8.78 Å². The van der Waals surface area contributed by atoms with E-state index in [-0.39, 0.29) is 11.2 Å². The zero-order valence-electron chi connectivity index (χ0n) is 16.5. The summed E-state index contributed by atoms with van der Waals surface area (Å²) >= 11 is 0. The van der Waals surface area contributed by atoms with Crippen molar-refractivity contribution >= 4 is 16.7 Å². The van der Waals surface area contributed by atoms with Crippen LogP contribution in [0.4, 0.5) is 14.6 Å². The molecule has 30 heavy (non-hydrogen) atoms. The minimum atomic E-state index is -0.864. The number of halogens is 2. The van der Waals surface area contributed by atoms with Gasteiger partial charge in [-0.2, -0.15) is 5.10 Å². The fourth-order valence-electron chi connectivity index (χ4n) is 3.35. The summed E-state index contributed by atoms with van der Waals surface area (Å²) in [5.41, 5.74) is 7.13. The van der Waals surface area contributed by atoms with E-state index in [2.05, 4.69) is 20.1 Å². The number of hydrogen-bond acceptors (Lipinski definition) is 5. The van der Waals surface area contributed by atoms with Gasteiger partial charge < -0.3 is 10.6 Å². The highest BCUT2D eigenvalue weighted by atomic mass is 19.1. The Balaban J connectivity index is 1.97. The van der Waals surface area contributed by atoms with Gasteiger partial charge in [-0.3, -0.25) is 19.4 Å². The van der Waals surface area contributed by atoms with Gasteiger partial charge in [0.1, 0.15) is 22.7 Å². The van der Waals surface area contributed by atoms with Gasteiger partial charge in [-0.15, -0.1) is 0 Å². The summed E-state index contributed by atoms with van der Waals surface area (Å²) in [6.07, 6.45) is 3.81. The van der Waals surface area contributed by atoms with Crippen LogP contribution in [-0.2, 0) is 6.42 Å². The lowest BCUT2D eigenvalue weighted by Crippen LogP contribution is -2.21. The Labute approximate surface area is 170 Å². The Morgan fingerprint density at radius 2 is 1.93 bits per heavy atom. The highest BCUT2D eigenvalue weighted by Crippen LogP contribution is 2.29. The maximum atomic E-state index is 14.4. The first-order valence-corrected chi connectivity index (χ1v) is 9.30. The molecule has 7 nitrogen and oxygen atoms in total. The van der Waals surface area contributed by atoms with Crippen LogP contribution in [0, 0.1) is 11.6 Å². The van der Waals surface area contributed by atoms with E-state index in [0.29, 0.717) is 16.8 Å². The third-order valence-corrected chi connectivity index (χ3v) is 4.88. The summed E-state index contributed by atoms with van der Waals surface area (Å²) in [7, 11) is 3.97. The molecule has 4 aromatic rings. The second-order valence-corrected chi connectivity index (χ2v) is 7.25. The zero-order chi connectivity index (χ0) is 21.4. The van der Waals surface area contributed by atoms with Gasteiger partial charge in [-0.05, 0) is 50.3 Å². The number of pyridine rings is 2. The zero-order valence-corrected chi connectivity index (χ0v) is 16.5. The SMILES string of the molecule is CN(C)CCc1ccnc(-c2cn(-c3c(F)cccc3F)c(=O)c3c(N)n[nH]c23)c1. The second kappa shape index (κ2) is 7.68. The van der Waals surface area contributed by atoms with E-state index in [1.54, 1.807) is 6.20 Å². The average Bonchev–Trinajstić information content (AvgIpc) is 3.10. The summed E-state index contributed by atoms with van der Waals surface area (Å²) < 4.78 is 29.8. The number of nitrogen functional groups attached to an aromatic ring is 1. The minimum Gasteiger partial charge on any atom is -0.382 e. The van der Waals surface area contributed by atoms with Crippen molar-refractivity contribution in [3.05, 3.63) is 70.3 Å². The first-order valence-electron chi connectivity index (χ1n) is 9.30. The lowest BCUT2D eigenvalue weighted by atomic mass is 10.1. The molecule has 3 heterocycles. The number of likely N-dealkylation sites (N-methyl/N-ethyl adjacent to an activating group) is 1. The van der Waals surface area contributed by atoms with Crippen molar-refractivity contribution in [2.75, 3.05) is 26.4 Å². The highest BCUT2D eigenvalue weighted by molar-refractivity contribution is 5.97. The summed E-state index contributed by atoms with van der Waals surface area (Å²) in [6, 6.07) is 7.20. The molecule has 154 valence electrons. The molecule has 0 radical (unpaired) electrons. The van der Waals surface area contributed by atoms with Gasteiger partial charge in [-0.25, -0.2) is 8.78 Å². The molecule has 0 aliphatic heterocycles. The quantitative estimate of drug-likeness (QED) is 0.528. The van der Waals surface area contributed by atoms with Crippen LogP contribution >= 0.6 is 0 Å². The number of aromatic amines is 1. The number of nitrogens with zero attached hydrogens (tertiary/aromatic N) is 4. The number of fused-ring (bicyclic) bond motifs is 1. The van der Waals surface area contributed by atoms with Gasteiger partial charge in [0.05, 0.1) is 11.2 Å². The van der Waals surface area contributed by atoms with Gasteiger partial charge in [0.25, 0.3) is 5.56 Å². The van der Waals surface area contributed by atoms with Crippen molar-refractivity contribution in [2.45, 2.75) is 6.42 Å². The van der Waals surface area contributed by atoms with Crippen molar-refractivity contribution in [3.63, 3.8) is 0 Å². The predicted molar refractivity (Wildman–Crippen MR) is 112 cm³/mol. The number of hydrogen-bond donors (Lipinski definition) is 2. The Morgan fingerprint density at radius 3 is 2.63 bits per heavy atom. The van der Waals surface area contributed by atoms with Crippen LogP contribution < -0.4 is 11.3 Å². The fourth-order valence-corrected chi connectivity index (χ4v) is 3.35. The van der Waals surface area contributed by atoms with Gasteiger partial charge in [0.2, 0.25) is 0 Å². The lowest BCUT2D eigenvalue weighted by molar-refractivity contribution is 0.413. The lowest BCUT2D eigenvalue weighted by Gasteiger charge is -2.13. The van der Waals surface area contributed by atoms with Crippen LogP contribution in [-0.4, -0.2) is 45.3 Å². The number of nitrogens with two attached hydrogens (primary N) is 1. The van der Waals surface area contributed by atoms with Crippen molar-refractivity contribution in [1.82, 2.24) is 24.6 Å². The van der Waals surface area contributed by atoms with E-state index in [1.165, 1.54) is 12.3 Å². The first-order chi connectivity index (χ1) is 14.4. The molecule has 3 N–H and O–H groups in total. The van der Waals surface area contributed by atoms with Gasteiger partial charge in [0, 0.05) is 24.5 Å². The molecule has 1 aromatic carbocycles. The summed E-state index contributed by atoms with van der Waals surface area (Å²) in [5.74, 6) is -1.78. The molecule has 0 spiro atoms. The third-order valence-electron chi connectivity index (χ3n) is 4.88. The molecule has 0 atom stereocenters. The largest absolute Gasteiger partial charge is 0.382 e. The van der Waals surface area contributed by atoms with Gasteiger partial charge in [0.15, 0.2) is 5.82 Å². The number of nitrogens with one attached hydrogen (secondary N) is 1. The van der Waals surface area contributed by atoms with Gasteiger partial charge in [-0.1, -0.05) is 6.07 Å². The molecule has 4 rings (SSSR count). The normalized spacial score (nSPS) is 11.5. The van der Waals surface area contributed by atoms with Crippen molar-refractivity contribution in [3.8, 4) is 16.9 Å². The molecule has 3 aromatic heterocycles. The van der Waals surface area contributed by atoms with E-state index in [9.17, 15) is 13.6 Å². The Hall–Kier alpha value is -3.59. The predicted octanol–water partition coefficient (Wildman–Crippen LogP) is 2.74. The smallest absolute Gasteiger partial charge is 0.268 e. The van der Waals surface area contributed by atoms with E-state index < -0.39 is 22.9 Å². The monoisotopic (exact) mass is 410 g/mol. The molecule has 0 unspecified atom stereocenters. The van der Waals surface area contributed by atoms with Crippen LogP contribution in [0.5, 0.6) is 0 Å². The van der Waals surface area contributed by atoms with E-state index in [1.807, 2.05) is 26.2 Å². The Kier molecular flexibility index (Phi) is 5.04. The van der Waals surface area contributed by atoms with Crippen LogP contribution in [0.2, 0.25) is 0 Å². The minimum absolute atomic E-state index is 0.0499. The van der Waals surface area contributed by atoms with E-state index in [4.69, 9.17) is 5.73 Å². The maximum absolute atomic E-state index is 14.4. The molecule has 9 heteroatoms. The van der Waals surface area contributed by atoms with E-state index >= 15 is 0 Å². The molecule has 0 aliphatic carbocycles. The number of H-pyrrole nitrogens is 1. The number of anilines is 1. The molecule has 0 bridgehead atoms. The topological polar surface area (TPSA) is 92.8 Å². The number of rotatable bonds is 5. The van der Waals surface area contributed by atoms with Crippen LogP contribution in [0.3, 0.4) is 0 Å². The van der Waals surface area contributed by atoms with Crippen molar-refractivity contribution in [2.24, 2.45) is 0 Å².